The summed E-state index contributed by atoms with van der Waals surface area (Å²) < 4.78 is 17.3. The summed E-state index contributed by atoms with van der Waals surface area (Å²) in [6.45, 7) is 1.71. The molecule has 1 atom stereocenters. The molecule has 1 heterocycles. The first-order valence-corrected chi connectivity index (χ1v) is 5.81. The van der Waals surface area contributed by atoms with Crippen molar-refractivity contribution in [3.63, 3.8) is 0 Å². The van der Waals surface area contributed by atoms with Crippen molar-refractivity contribution < 1.29 is 18.9 Å². The van der Waals surface area contributed by atoms with Crippen LogP contribution >= 0.6 is 0 Å². The van der Waals surface area contributed by atoms with E-state index in [0.717, 1.165) is 5.56 Å². The fraction of sp³-hybridized carbons (Fsp3) is 0.308. The lowest BCUT2D eigenvalue weighted by atomic mass is 9.94. The number of hydrogen-bond acceptors (Lipinski definition) is 4. The van der Waals surface area contributed by atoms with Gasteiger partial charge in [-0.1, -0.05) is 22.4 Å². The third-order valence-electron chi connectivity index (χ3n) is 2.93. The second kappa shape index (κ2) is 5.60. The van der Waals surface area contributed by atoms with Gasteiger partial charge in [0.15, 0.2) is 0 Å². The fourth-order valence-electron chi connectivity index (χ4n) is 1.82. The van der Waals surface area contributed by atoms with E-state index >= 15 is 0 Å². The number of hydrogen-bond donors (Lipinski definition) is 1. The Balaban J connectivity index is 2.10. The highest BCUT2D eigenvalue weighted by Gasteiger charge is 2.21. The number of aromatic nitrogens is 2. The zero-order valence-electron chi connectivity index (χ0n) is 10.3. The molecule has 1 N–H and O–H groups in total. The molecule has 1 aromatic carbocycles. The number of carbonyl (C=O) groups is 1. The van der Waals surface area contributed by atoms with E-state index in [9.17, 15) is 14.3 Å². The summed E-state index contributed by atoms with van der Waals surface area (Å²) in [5.74, 6) is -1.91. The molecule has 5 nitrogen and oxygen atoms in total. The lowest BCUT2D eigenvalue weighted by Gasteiger charge is -2.10. The van der Waals surface area contributed by atoms with E-state index in [1.807, 2.05) is 0 Å². The van der Waals surface area contributed by atoms with Gasteiger partial charge < -0.3 is 5.11 Å². The maximum absolute atomic E-state index is 12.8. The average molecular weight is 264 g/mol. The van der Waals surface area contributed by atoms with Crippen LogP contribution in [0.2, 0.25) is 0 Å². The van der Waals surface area contributed by atoms with Gasteiger partial charge in [0.1, 0.15) is 17.2 Å². The lowest BCUT2D eigenvalue weighted by molar-refractivity contribution is -0.141. The number of halogens is 1. The second-order valence-electron chi connectivity index (χ2n) is 4.37. The predicted molar refractivity (Wildman–Crippen MR) is 64.0 cm³/mol. The number of rotatable bonds is 5. The lowest BCUT2D eigenvalue weighted by Crippen LogP contribution is -2.19. The van der Waals surface area contributed by atoms with E-state index in [4.69, 9.17) is 0 Å². The van der Waals surface area contributed by atoms with Gasteiger partial charge in [-0.15, -0.1) is 0 Å². The van der Waals surface area contributed by atoms with Gasteiger partial charge in [0.05, 0.1) is 5.92 Å². The highest BCUT2D eigenvalue weighted by molar-refractivity contribution is 5.70. The molecule has 19 heavy (non-hydrogen) atoms. The summed E-state index contributed by atoms with van der Waals surface area (Å²) in [7, 11) is 0. The summed E-state index contributed by atoms with van der Waals surface area (Å²) in [5, 5.41) is 16.5. The molecular weight excluding hydrogens is 251 g/mol. The second-order valence-corrected chi connectivity index (χ2v) is 4.37. The molecule has 0 spiro atoms. The summed E-state index contributed by atoms with van der Waals surface area (Å²) in [6.07, 6.45) is 0.546. The van der Waals surface area contributed by atoms with Crippen LogP contribution in [0, 0.1) is 18.7 Å². The van der Waals surface area contributed by atoms with E-state index < -0.39 is 11.9 Å². The minimum absolute atomic E-state index is 0.238. The standard InChI is InChI=1S/C13H13FN2O3/c1-8-12(16-19-15-8)7-10(13(17)18)6-9-2-4-11(14)5-3-9/h2-5,10H,6-7H2,1H3,(H,17,18). The molecule has 0 radical (unpaired) electrons. The molecule has 0 fully saturated rings. The molecule has 0 aliphatic heterocycles. The van der Waals surface area contributed by atoms with Crippen LogP contribution in [0.1, 0.15) is 17.0 Å². The molecule has 0 amide bonds. The van der Waals surface area contributed by atoms with E-state index in [-0.39, 0.29) is 12.2 Å². The van der Waals surface area contributed by atoms with Crippen LogP contribution in [0.25, 0.3) is 0 Å². The van der Waals surface area contributed by atoms with Crippen LogP contribution in [0.4, 0.5) is 4.39 Å². The smallest absolute Gasteiger partial charge is 0.307 e. The van der Waals surface area contributed by atoms with Crippen LogP contribution in [0.15, 0.2) is 28.9 Å². The zero-order valence-corrected chi connectivity index (χ0v) is 10.3. The maximum atomic E-state index is 12.8. The Hall–Kier alpha value is -2.24. The number of aryl methyl sites for hydroxylation is 1. The third-order valence-corrected chi connectivity index (χ3v) is 2.93. The Morgan fingerprint density at radius 2 is 2.00 bits per heavy atom. The topological polar surface area (TPSA) is 76.2 Å². The molecule has 0 saturated carbocycles. The molecule has 0 aliphatic rings. The van der Waals surface area contributed by atoms with Crippen LogP contribution in [0.5, 0.6) is 0 Å². The number of carboxylic acid groups (broad SMARTS) is 1. The maximum Gasteiger partial charge on any atom is 0.307 e. The van der Waals surface area contributed by atoms with Crippen LogP contribution in [-0.2, 0) is 17.6 Å². The molecule has 2 rings (SSSR count). The van der Waals surface area contributed by atoms with Gasteiger partial charge in [-0.2, -0.15) is 0 Å². The first-order chi connectivity index (χ1) is 9.06. The summed E-state index contributed by atoms with van der Waals surface area (Å²) in [4.78, 5) is 11.3. The van der Waals surface area contributed by atoms with Gasteiger partial charge in [-0.25, -0.2) is 9.02 Å². The molecular formula is C13H13FN2O3. The van der Waals surface area contributed by atoms with E-state index in [1.165, 1.54) is 12.1 Å². The molecule has 0 bridgehead atoms. The Morgan fingerprint density at radius 3 is 2.53 bits per heavy atom. The van der Waals surface area contributed by atoms with Crippen molar-refractivity contribution in [2.24, 2.45) is 5.92 Å². The summed E-state index contributed by atoms with van der Waals surface area (Å²) in [6, 6.07) is 5.80. The van der Waals surface area contributed by atoms with E-state index in [0.29, 0.717) is 17.8 Å². The van der Waals surface area contributed by atoms with Gasteiger partial charge in [0.25, 0.3) is 0 Å². The molecule has 2 aromatic rings. The predicted octanol–water partition coefficient (Wildman–Crippen LogP) is 2.00. The molecule has 6 heteroatoms. The van der Waals surface area contributed by atoms with Crippen LogP contribution in [-0.4, -0.2) is 21.4 Å². The van der Waals surface area contributed by atoms with E-state index in [2.05, 4.69) is 14.9 Å². The highest BCUT2D eigenvalue weighted by Crippen LogP contribution is 2.16. The van der Waals surface area contributed by atoms with Crippen molar-refractivity contribution in [1.29, 1.82) is 0 Å². The molecule has 0 saturated heterocycles. The van der Waals surface area contributed by atoms with Crippen molar-refractivity contribution in [2.75, 3.05) is 0 Å². The van der Waals surface area contributed by atoms with Crippen LogP contribution < -0.4 is 0 Å². The number of carboxylic acids is 1. The Morgan fingerprint density at radius 1 is 1.32 bits per heavy atom. The first-order valence-electron chi connectivity index (χ1n) is 5.81. The van der Waals surface area contributed by atoms with Gasteiger partial charge in [-0.3, -0.25) is 4.79 Å². The molecule has 1 unspecified atom stereocenters. The Kier molecular flexibility index (Phi) is 3.89. The summed E-state index contributed by atoms with van der Waals surface area (Å²) >= 11 is 0. The average Bonchev–Trinajstić information content (AvgIpc) is 2.77. The number of aliphatic carboxylic acids is 1. The Bertz CT molecular complexity index is 566. The van der Waals surface area contributed by atoms with Crippen LogP contribution in [0.3, 0.4) is 0 Å². The van der Waals surface area contributed by atoms with E-state index in [1.54, 1.807) is 19.1 Å². The normalized spacial score (nSPS) is 12.3. The summed E-state index contributed by atoms with van der Waals surface area (Å²) in [5.41, 5.74) is 1.89. The van der Waals surface area contributed by atoms with Crippen molar-refractivity contribution >= 4 is 5.97 Å². The SMILES string of the molecule is Cc1nonc1CC(Cc1ccc(F)cc1)C(=O)O. The third kappa shape index (κ3) is 3.37. The monoisotopic (exact) mass is 264 g/mol. The number of nitrogens with zero attached hydrogens (tertiary/aromatic N) is 2. The fourth-order valence-corrected chi connectivity index (χ4v) is 1.82. The van der Waals surface area contributed by atoms with Crippen molar-refractivity contribution in [3.8, 4) is 0 Å². The van der Waals surface area contributed by atoms with Gasteiger partial charge in [0.2, 0.25) is 0 Å². The van der Waals surface area contributed by atoms with Crippen molar-refractivity contribution in [1.82, 2.24) is 10.3 Å². The number of benzene rings is 1. The quantitative estimate of drug-likeness (QED) is 0.893. The molecule has 0 aliphatic carbocycles. The van der Waals surface area contributed by atoms with Gasteiger partial charge >= 0.3 is 5.97 Å². The van der Waals surface area contributed by atoms with Gasteiger partial charge in [-0.05, 0) is 31.0 Å². The molecule has 100 valence electrons. The largest absolute Gasteiger partial charge is 0.481 e. The first kappa shape index (κ1) is 13.2. The zero-order chi connectivity index (χ0) is 13.8. The van der Waals surface area contributed by atoms with Crippen molar-refractivity contribution in [2.45, 2.75) is 19.8 Å². The van der Waals surface area contributed by atoms with Gasteiger partial charge in [0, 0.05) is 6.42 Å². The minimum atomic E-state index is -0.924. The molecule has 1 aromatic heterocycles. The highest BCUT2D eigenvalue weighted by atomic mass is 19.1. The minimum Gasteiger partial charge on any atom is -0.481 e. The Labute approximate surface area is 109 Å². The van der Waals surface area contributed by atoms with Crippen molar-refractivity contribution in [3.05, 3.63) is 47.0 Å².